The van der Waals surface area contributed by atoms with Crippen LogP contribution in [0.2, 0.25) is 0 Å². The van der Waals surface area contributed by atoms with Crippen LogP contribution in [0.15, 0.2) is 4.99 Å². The predicted molar refractivity (Wildman–Crippen MR) is 86.4 cm³/mol. The first-order chi connectivity index (χ1) is 10.1. The number of hydrogen-bond donors (Lipinski definition) is 1. The first-order valence-electron chi connectivity index (χ1n) is 8.30. The first kappa shape index (κ1) is 16.1. The van der Waals surface area contributed by atoms with E-state index in [1.807, 2.05) is 0 Å². The van der Waals surface area contributed by atoms with Crippen LogP contribution in [-0.2, 0) is 4.79 Å². The predicted octanol–water partition coefficient (Wildman–Crippen LogP) is 1.70. The van der Waals surface area contributed by atoms with Crippen LogP contribution in [0, 0.1) is 5.41 Å². The minimum atomic E-state index is 0.0561. The third kappa shape index (κ3) is 4.11. The molecule has 0 aromatic rings. The minimum Gasteiger partial charge on any atom is -0.356 e. The topological polar surface area (TPSA) is 47.9 Å². The molecule has 5 nitrogen and oxygen atoms in total. The molecule has 1 saturated heterocycles. The van der Waals surface area contributed by atoms with Gasteiger partial charge in [0.25, 0.3) is 0 Å². The normalized spacial score (nSPS) is 21.1. The van der Waals surface area contributed by atoms with Crippen LogP contribution < -0.4 is 5.32 Å². The Hall–Kier alpha value is -1.26. The molecule has 5 heteroatoms. The molecule has 1 aliphatic heterocycles. The molecule has 2 aliphatic rings. The van der Waals surface area contributed by atoms with Gasteiger partial charge in [0, 0.05) is 33.7 Å². The molecule has 0 radical (unpaired) electrons. The van der Waals surface area contributed by atoms with Gasteiger partial charge in [-0.05, 0) is 31.1 Å². The van der Waals surface area contributed by atoms with E-state index in [0.29, 0.717) is 5.41 Å². The molecule has 0 atom stereocenters. The molecule has 120 valence electrons. The fourth-order valence-corrected chi connectivity index (χ4v) is 3.44. The number of hydrogen-bond acceptors (Lipinski definition) is 2. The molecule has 1 spiro atoms. The van der Waals surface area contributed by atoms with Crippen LogP contribution >= 0.6 is 0 Å². The monoisotopic (exact) mass is 294 g/mol. The number of aliphatic imine (C=N–C) groups is 1. The summed E-state index contributed by atoms with van der Waals surface area (Å²) in [5.74, 6) is 0.983. The van der Waals surface area contributed by atoms with E-state index in [9.17, 15) is 4.79 Å². The molecule has 0 aromatic heterocycles. The largest absolute Gasteiger partial charge is 0.356 e. The fourth-order valence-electron chi connectivity index (χ4n) is 3.44. The van der Waals surface area contributed by atoms with Gasteiger partial charge in [-0.15, -0.1) is 0 Å². The van der Waals surface area contributed by atoms with Crippen molar-refractivity contribution in [2.45, 2.75) is 45.4 Å². The molecule has 1 N–H and O–H groups in total. The SMILES string of the molecule is CCCNC(=NCC(=O)N(C)C)N1CCC2(CCCC2)C1. The Labute approximate surface area is 128 Å². The van der Waals surface area contributed by atoms with Gasteiger partial charge in [0.15, 0.2) is 5.96 Å². The van der Waals surface area contributed by atoms with Crippen molar-refractivity contribution in [3.05, 3.63) is 0 Å². The van der Waals surface area contributed by atoms with Gasteiger partial charge in [-0.1, -0.05) is 19.8 Å². The van der Waals surface area contributed by atoms with E-state index in [2.05, 4.69) is 22.1 Å². The maximum Gasteiger partial charge on any atom is 0.243 e. The maximum atomic E-state index is 11.8. The number of guanidine groups is 1. The molecule has 1 heterocycles. The summed E-state index contributed by atoms with van der Waals surface area (Å²) in [6.07, 6.45) is 7.83. The van der Waals surface area contributed by atoms with Crippen molar-refractivity contribution in [3.63, 3.8) is 0 Å². The van der Waals surface area contributed by atoms with E-state index in [1.165, 1.54) is 32.1 Å². The summed E-state index contributed by atoms with van der Waals surface area (Å²) in [7, 11) is 3.56. The highest BCUT2D eigenvalue weighted by molar-refractivity contribution is 5.85. The average molecular weight is 294 g/mol. The molecule has 0 bridgehead atoms. The summed E-state index contributed by atoms with van der Waals surface area (Å²) in [5.41, 5.74) is 0.528. The number of carbonyl (C=O) groups is 1. The Bertz CT molecular complexity index is 386. The summed E-state index contributed by atoms with van der Waals surface area (Å²) in [6.45, 7) is 5.49. The second-order valence-electron chi connectivity index (χ2n) is 6.73. The van der Waals surface area contributed by atoms with E-state index in [4.69, 9.17) is 0 Å². The van der Waals surface area contributed by atoms with E-state index in [0.717, 1.165) is 32.0 Å². The van der Waals surface area contributed by atoms with Gasteiger partial charge < -0.3 is 15.1 Å². The smallest absolute Gasteiger partial charge is 0.243 e. The summed E-state index contributed by atoms with van der Waals surface area (Å²) in [4.78, 5) is 20.3. The van der Waals surface area contributed by atoms with Gasteiger partial charge >= 0.3 is 0 Å². The Morgan fingerprint density at radius 2 is 2.00 bits per heavy atom. The van der Waals surface area contributed by atoms with Crippen LogP contribution in [0.1, 0.15) is 45.4 Å². The Morgan fingerprint density at radius 1 is 1.29 bits per heavy atom. The standard InChI is InChI=1S/C16H30N4O/c1-4-10-17-15(18-12-14(21)19(2)3)20-11-9-16(13-20)7-5-6-8-16/h4-13H2,1-3H3,(H,17,18). The lowest BCUT2D eigenvalue weighted by Crippen LogP contribution is -2.42. The number of carbonyl (C=O) groups excluding carboxylic acids is 1. The zero-order chi connectivity index (χ0) is 15.3. The molecular weight excluding hydrogens is 264 g/mol. The van der Waals surface area contributed by atoms with E-state index < -0.39 is 0 Å². The van der Waals surface area contributed by atoms with Crippen LogP contribution in [0.4, 0.5) is 0 Å². The van der Waals surface area contributed by atoms with Crippen molar-refractivity contribution < 1.29 is 4.79 Å². The van der Waals surface area contributed by atoms with Crippen molar-refractivity contribution in [2.24, 2.45) is 10.4 Å². The second-order valence-corrected chi connectivity index (χ2v) is 6.73. The number of amides is 1. The number of nitrogens with one attached hydrogen (secondary N) is 1. The van der Waals surface area contributed by atoms with Crippen molar-refractivity contribution in [1.82, 2.24) is 15.1 Å². The number of rotatable bonds is 4. The lowest BCUT2D eigenvalue weighted by molar-refractivity contribution is -0.127. The number of nitrogens with zero attached hydrogens (tertiary/aromatic N) is 3. The summed E-state index contributed by atoms with van der Waals surface area (Å²) in [5, 5.41) is 3.42. The Balaban J connectivity index is 1.98. The summed E-state index contributed by atoms with van der Waals surface area (Å²) in [6, 6.07) is 0. The third-order valence-corrected chi connectivity index (χ3v) is 4.80. The molecule has 0 unspecified atom stereocenters. The highest BCUT2D eigenvalue weighted by atomic mass is 16.2. The van der Waals surface area contributed by atoms with Gasteiger partial charge in [0.1, 0.15) is 6.54 Å². The summed E-state index contributed by atoms with van der Waals surface area (Å²) >= 11 is 0. The van der Waals surface area contributed by atoms with Crippen molar-refractivity contribution in [1.29, 1.82) is 0 Å². The van der Waals surface area contributed by atoms with Crippen LogP contribution in [0.3, 0.4) is 0 Å². The average Bonchev–Trinajstić information content (AvgIpc) is 3.09. The zero-order valence-corrected chi connectivity index (χ0v) is 13.8. The van der Waals surface area contributed by atoms with Crippen molar-refractivity contribution in [2.75, 3.05) is 40.3 Å². The van der Waals surface area contributed by atoms with Gasteiger partial charge in [-0.2, -0.15) is 0 Å². The Kier molecular flexibility index (Phi) is 5.48. The molecule has 1 saturated carbocycles. The van der Waals surface area contributed by atoms with Crippen molar-refractivity contribution in [3.8, 4) is 0 Å². The fraction of sp³-hybridized carbons (Fsp3) is 0.875. The molecule has 2 rings (SSSR count). The van der Waals surface area contributed by atoms with E-state index in [-0.39, 0.29) is 12.5 Å². The van der Waals surface area contributed by atoms with Crippen LogP contribution in [0.25, 0.3) is 0 Å². The lowest BCUT2D eigenvalue weighted by Gasteiger charge is -2.26. The first-order valence-corrected chi connectivity index (χ1v) is 8.30. The third-order valence-electron chi connectivity index (χ3n) is 4.80. The quantitative estimate of drug-likeness (QED) is 0.634. The highest BCUT2D eigenvalue weighted by Gasteiger charge is 2.41. The van der Waals surface area contributed by atoms with Gasteiger partial charge in [-0.25, -0.2) is 4.99 Å². The van der Waals surface area contributed by atoms with E-state index >= 15 is 0 Å². The molecule has 2 fully saturated rings. The van der Waals surface area contributed by atoms with Gasteiger partial charge in [0.2, 0.25) is 5.91 Å². The van der Waals surface area contributed by atoms with Crippen molar-refractivity contribution >= 4 is 11.9 Å². The van der Waals surface area contributed by atoms with Crippen LogP contribution in [-0.4, -0.2) is 61.9 Å². The second kappa shape index (κ2) is 7.14. The molecule has 21 heavy (non-hydrogen) atoms. The number of likely N-dealkylation sites (N-methyl/N-ethyl adjacent to an activating group) is 1. The minimum absolute atomic E-state index is 0.0561. The highest BCUT2D eigenvalue weighted by Crippen LogP contribution is 2.45. The molecule has 1 aliphatic carbocycles. The maximum absolute atomic E-state index is 11.8. The van der Waals surface area contributed by atoms with Gasteiger partial charge in [0.05, 0.1) is 0 Å². The summed E-state index contributed by atoms with van der Waals surface area (Å²) < 4.78 is 0. The van der Waals surface area contributed by atoms with E-state index in [1.54, 1.807) is 19.0 Å². The van der Waals surface area contributed by atoms with Crippen LogP contribution in [0.5, 0.6) is 0 Å². The lowest BCUT2D eigenvalue weighted by atomic mass is 9.86. The molecular formula is C16H30N4O. The zero-order valence-electron chi connectivity index (χ0n) is 13.8. The Morgan fingerprint density at radius 3 is 2.62 bits per heavy atom. The molecule has 0 aromatic carbocycles. The number of likely N-dealkylation sites (tertiary alicyclic amines) is 1. The van der Waals surface area contributed by atoms with Gasteiger partial charge in [-0.3, -0.25) is 4.79 Å². The molecule has 1 amide bonds.